The van der Waals surface area contributed by atoms with Crippen molar-refractivity contribution >= 4 is 17.4 Å². The molecule has 0 spiro atoms. The summed E-state index contributed by atoms with van der Waals surface area (Å²) in [4.78, 5) is 11.9. The van der Waals surface area contributed by atoms with E-state index in [1.807, 2.05) is 0 Å². The number of carbonyl (C=O) groups excluding carboxylic acids is 1. The van der Waals surface area contributed by atoms with Gasteiger partial charge in [-0.05, 0) is 0 Å². The fraction of sp³-hybridized carbons (Fsp3) is 0.900. The van der Waals surface area contributed by atoms with Crippen LogP contribution in [0.15, 0.2) is 0 Å². The highest BCUT2D eigenvalue weighted by Crippen LogP contribution is 2.20. The summed E-state index contributed by atoms with van der Waals surface area (Å²) in [6.07, 6.45) is -3.31. The topological polar surface area (TPSA) is 41.1 Å². The number of halogens is 3. The summed E-state index contributed by atoms with van der Waals surface area (Å²) in [5, 5.41) is 4.70. The number of rotatable bonds is 2. The summed E-state index contributed by atoms with van der Waals surface area (Å²) in [5.41, 5.74) is -0.573. The van der Waals surface area contributed by atoms with Crippen LogP contribution in [0.25, 0.3) is 0 Å². The van der Waals surface area contributed by atoms with E-state index in [9.17, 15) is 13.6 Å². The van der Waals surface area contributed by atoms with Gasteiger partial charge >= 0.3 is 0 Å². The van der Waals surface area contributed by atoms with Crippen molar-refractivity contribution in [2.24, 2.45) is 5.41 Å². The van der Waals surface area contributed by atoms with E-state index in [1.54, 1.807) is 20.8 Å². The molecule has 0 bridgehead atoms. The monoisotopic (exact) mass is 254 g/mol. The third-order valence-electron chi connectivity index (χ3n) is 2.54. The Bertz CT molecular complexity index is 268. The maximum absolute atomic E-state index is 12.6. The molecule has 3 atom stereocenters. The molecule has 2 N–H and O–H groups in total. The van der Waals surface area contributed by atoms with E-state index in [0.717, 1.165) is 0 Å². The number of carbonyl (C=O) groups is 1. The minimum atomic E-state index is -2.57. The number of Topliss-reactive ketones (excluding diaryl/α,β-unsaturated/α-hetero) is 1. The number of ketones is 1. The molecule has 0 aromatic carbocycles. The summed E-state index contributed by atoms with van der Waals surface area (Å²) < 4.78 is 25.2. The van der Waals surface area contributed by atoms with Crippen molar-refractivity contribution in [2.45, 2.75) is 44.8 Å². The zero-order valence-corrected chi connectivity index (χ0v) is 10.3. The summed E-state index contributed by atoms with van der Waals surface area (Å²) in [5.74, 6) is -0.137. The van der Waals surface area contributed by atoms with Crippen LogP contribution in [0, 0.1) is 5.41 Å². The largest absolute Gasteiger partial charge is 0.296 e. The van der Waals surface area contributed by atoms with Crippen LogP contribution in [0.1, 0.15) is 20.8 Å². The molecule has 0 aromatic rings. The third kappa shape index (κ3) is 3.12. The molecule has 1 aliphatic heterocycles. The lowest BCUT2D eigenvalue weighted by molar-refractivity contribution is -0.130. The summed E-state index contributed by atoms with van der Waals surface area (Å²) in [6, 6.07) is -1.14. The van der Waals surface area contributed by atoms with Crippen LogP contribution in [0.4, 0.5) is 8.78 Å². The quantitative estimate of drug-likeness (QED) is 0.732. The Morgan fingerprint density at radius 2 is 2.00 bits per heavy atom. The normalized spacial score (nSPS) is 31.8. The van der Waals surface area contributed by atoms with Crippen LogP contribution in [0.5, 0.6) is 0 Å². The molecule has 1 aliphatic rings. The van der Waals surface area contributed by atoms with Crippen molar-refractivity contribution in [3.63, 3.8) is 0 Å². The smallest absolute Gasteiger partial charge is 0.255 e. The average Bonchev–Trinajstić information content (AvgIpc) is 2.15. The SMILES string of the molecule is CC(C)(C)C(=O)C1NCC(Cl)C(C(F)F)N1. The van der Waals surface area contributed by atoms with Gasteiger partial charge in [-0.1, -0.05) is 20.8 Å². The van der Waals surface area contributed by atoms with Crippen LogP contribution in [0.2, 0.25) is 0 Å². The molecule has 1 rings (SSSR count). The summed E-state index contributed by atoms with van der Waals surface area (Å²) in [6.45, 7) is 5.46. The van der Waals surface area contributed by atoms with E-state index in [1.165, 1.54) is 0 Å². The molecular weight excluding hydrogens is 238 g/mol. The average molecular weight is 255 g/mol. The maximum atomic E-state index is 12.6. The Labute approximate surface area is 98.9 Å². The van der Waals surface area contributed by atoms with E-state index in [2.05, 4.69) is 10.6 Å². The van der Waals surface area contributed by atoms with Crippen molar-refractivity contribution in [1.82, 2.24) is 10.6 Å². The van der Waals surface area contributed by atoms with Gasteiger partial charge < -0.3 is 0 Å². The lowest BCUT2D eigenvalue weighted by Gasteiger charge is -2.36. The minimum absolute atomic E-state index is 0.137. The minimum Gasteiger partial charge on any atom is -0.296 e. The summed E-state index contributed by atoms with van der Waals surface area (Å²) in [7, 11) is 0. The molecule has 3 nitrogen and oxygen atoms in total. The van der Waals surface area contributed by atoms with E-state index in [0.29, 0.717) is 0 Å². The van der Waals surface area contributed by atoms with Crippen LogP contribution in [-0.4, -0.2) is 36.3 Å². The molecule has 0 radical (unpaired) electrons. The van der Waals surface area contributed by atoms with E-state index in [4.69, 9.17) is 11.6 Å². The molecule has 1 heterocycles. The molecule has 1 saturated heterocycles. The molecule has 0 saturated carbocycles. The molecule has 6 heteroatoms. The zero-order chi connectivity index (χ0) is 12.5. The molecule has 0 amide bonds. The van der Waals surface area contributed by atoms with Gasteiger partial charge in [0.15, 0.2) is 5.78 Å². The molecule has 16 heavy (non-hydrogen) atoms. The highest BCUT2D eigenvalue weighted by molar-refractivity contribution is 6.21. The molecule has 94 valence electrons. The number of alkyl halides is 3. The van der Waals surface area contributed by atoms with Crippen LogP contribution in [0.3, 0.4) is 0 Å². The van der Waals surface area contributed by atoms with Gasteiger partial charge in [-0.25, -0.2) is 8.78 Å². The standard InChI is InChI=1S/C10H17ClF2N2O/c1-10(2,3)7(16)9-14-4-5(11)6(15-9)8(12)13/h5-6,8-9,14-15H,4H2,1-3H3. The first kappa shape index (κ1) is 13.8. The molecule has 1 fully saturated rings. The van der Waals surface area contributed by atoms with Gasteiger partial charge in [0.25, 0.3) is 6.43 Å². The first-order chi connectivity index (χ1) is 7.23. The predicted molar refractivity (Wildman–Crippen MR) is 58.8 cm³/mol. The second-order valence-electron chi connectivity index (χ2n) is 5.00. The van der Waals surface area contributed by atoms with E-state index in [-0.39, 0.29) is 12.3 Å². The van der Waals surface area contributed by atoms with Gasteiger partial charge in [-0.2, -0.15) is 0 Å². The van der Waals surface area contributed by atoms with Crippen molar-refractivity contribution in [1.29, 1.82) is 0 Å². The summed E-state index contributed by atoms with van der Waals surface area (Å²) >= 11 is 5.75. The fourth-order valence-corrected chi connectivity index (χ4v) is 1.82. The third-order valence-corrected chi connectivity index (χ3v) is 2.96. The Morgan fingerprint density at radius 3 is 2.44 bits per heavy atom. The van der Waals surface area contributed by atoms with Crippen LogP contribution < -0.4 is 10.6 Å². The Balaban J connectivity index is 2.69. The van der Waals surface area contributed by atoms with E-state index < -0.39 is 29.4 Å². The fourth-order valence-electron chi connectivity index (χ4n) is 1.55. The second-order valence-corrected chi connectivity index (χ2v) is 5.56. The number of hydrogen-bond acceptors (Lipinski definition) is 3. The molecular formula is C10H17ClF2N2O. The van der Waals surface area contributed by atoms with Crippen LogP contribution in [-0.2, 0) is 4.79 Å². The first-order valence-electron chi connectivity index (χ1n) is 5.19. The van der Waals surface area contributed by atoms with Gasteiger partial charge in [0.2, 0.25) is 0 Å². The van der Waals surface area contributed by atoms with Crippen molar-refractivity contribution in [3.8, 4) is 0 Å². The molecule has 3 unspecified atom stereocenters. The Morgan fingerprint density at radius 1 is 1.44 bits per heavy atom. The van der Waals surface area contributed by atoms with Gasteiger partial charge in [0, 0.05) is 12.0 Å². The highest BCUT2D eigenvalue weighted by Gasteiger charge is 2.39. The van der Waals surface area contributed by atoms with Crippen LogP contribution >= 0.6 is 11.6 Å². The molecule has 0 aliphatic carbocycles. The Hall–Kier alpha value is -0.260. The van der Waals surface area contributed by atoms with E-state index >= 15 is 0 Å². The number of nitrogens with one attached hydrogen (secondary N) is 2. The van der Waals surface area contributed by atoms with Crippen molar-refractivity contribution < 1.29 is 13.6 Å². The van der Waals surface area contributed by atoms with Crippen molar-refractivity contribution in [2.75, 3.05) is 6.54 Å². The van der Waals surface area contributed by atoms with Gasteiger partial charge in [-0.3, -0.25) is 15.4 Å². The predicted octanol–water partition coefficient (Wildman–Crippen LogP) is 1.36. The lowest BCUT2D eigenvalue weighted by atomic mass is 9.88. The Kier molecular flexibility index (Phi) is 4.26. The lowest BCUT2D eigenvalue weighted by Crippen LogP contribution is -2.65. The number of hydrogen-bond donors (Lipinski definition) is 2. The maximum Gasteiger partial charge on any atom is 0.255 e. The highest BCUT2D eigenvalue weighted by atomic mass is 35.5. The van der Waals surface area contributed by atoms with Crippen molar-refractivity contribution in [3.05, 3.63) is 0 Å². The molecule has 0 aromatic heterocycles. The zero-order valence-electron chi connectivity index (χ0n) is 9.56. The van der Waals surface area contributed by atoms with Gasteiger partial charge in [0.1, 0.15) is 6.17 Å². The van der Waals surface area contributed by atoms with Gasteiger partial charge in [0.05, 0.1) is 11.4 Å². The second kappa shape index (κ2) is 4.94. The first-order valence-corrected chi connectivity index (χ1v) is 5.63. The van der Waals surface area contributed by atoms with Gasteiger partial charge in [-0.15, -0.1) is 11.6 Å².